The Morgan fingerprint density at radius 3 is 3.00 bits per heavy atom. The Balaban J connectivity index is 2.08. The quantitative estimate of drug-likeness (QED) is 0.752. The maximum Gasteiger partial charge on any atom is 0.180 e. The molecule has 0 aliphatic rings. The lowest BCUT2D eigenvalue weighted by Crippen LogP contribution is -1.96. The number of aryl methyl sites for hydroxylation is 1. The van der Waals surface area contributed by atoms with Crippen LogP contribution >= 0.6 is 11.3 Å². The van der Waals surface area contributed by atoms with Crippen LogP contribution in [0.1, 0.15) is 17.1 Å². The molecule has 0 radical (unpaired) electrons. The third kappa shape index (κ3) is 1.78. The summed E-state index contributed by atoms with van der Waals surface area (Å²) in [6.45, 7) is 2.03. The molecule has 3 rings (SSSR count). The van der Waals surface area contributed by atoms with Gasteiger partial charge in [0.2, 0.25) is 0 Å². The van der Waals surface area contributed by atoms with E-state index < -0.39 is 0 Å². The standard InChI is InChI=1S/C12H12N4S/c1-8-10(6-9-7-17-12(13)15-9)16-5-3-2-4-11(16)14-8/h2-5,7H,6H2,1H3,(H2,13,15). The molecule has 3 heterocycles. The third-order valence-corrected chi connectivity index (χ3v) is 3.47. The smallest absolute Gasteiger partial charge is 0.180 e. The Morgan fingerprint density at radius 2 is 2.24 bits per heavy atom. The molecule has 0 unspecified atom stereocenters. The van der Waals surface area contributed by atoms with Gasteiger partial charge in [-0.05, 0) is 19.1 Å². The number of anilines is 1. The molecule has 3 aromatic rings. The Labute approximate surface area is 103 Å². The van der Waals surface area contributed by atoms with E-state index in [1.165, 1.54) is 17.0 Å². The van der Waals surface area contributed by atoms with Gasteiger partial charge in [-0.1, -0.05) is 6.07 Å². The number of pyridine rings is 1. The van der Waals surface area contributed by atoms with Crippen molar-refractivity contribution >= 4 is 22.1 Å². The topological polar surface area (TPSA) is 56.2 Å². The first-order valence-electron chi connectivity index (χ1n) is 5.36. The second kappa shape index (κ2) is 3.85. The van der Waals surface area contributed by atoms with E-state index in [0.29, 0.717) is 5.13 Å². The molecule has 0 saturated carbocycles. The number of hydrogen-bond acceptors (Lipinski definition) is 4. The molecule has 0 saturated heterocycles. The number of nitrogen functional groups attached to an aromatic ring is 1. The van der Waals surface area contributed by atoms with Crippen molar-refractivity contribution in [2.24, 2.45) is 0 Å². The molecule has 86 valence electrons. The van der Waals surface area contributed by atoms with Crippen LogP contribution in [-0.2, 0) is 6.42 Å². The van der Waals surface area contributed by atoms with Gasteiger partial charge in [0.05, 0.1) is 17.1 Å². The van der Waals surface area contributed by atoms with Crippen LogP contribution < -0.4 is 5.73 Å². The lowest BCUT2D eigenvalue weighted by molar-refractivity contribution is 0.981. The minimum Gasteiger partial charge on any atom is -0.375 e. The summed E-state index contributed by atoms with van der Waals surface area (Å²) in [5.41, 5.74) is 9.84. The molecule has 0 amide bonds. The zero-order valence-electron chi connectivity index (χ0n) is 9.42. The molecule has 17 heavy (non-hydrogen) atoms. The first-order valence-corrected chi connectivity index (χ1v) is 6.24. The number of fused-ring (bicyclic) bond motifs is 1. The van der Waals surface area contributed by atoms with Gasteiger partial charge in [0.25, 0.3) is 0 Å². The average molecular weight is 244 g/mol. The maximum absolute atomic E-state index is 5.64. The minimum atomic E-state index is 0.617. The van der Waals surface area contributed by atoms with Crippen molar-refractivity contribution in [3.8, 4) is 0 Å². The molecule has 0 atom stereocenters. The van der Waals surface area contributed by atoms with E-state index in [9.17, 15) is 0 Å². The molecule has 0 fully saturated rings. The van der Waals surface area contributed by atoms with E-state index in [1.54, 1.807) is 0 Å². The highest BCUT2D eigenvalue weighted by molar-refractivity contribution is 7.13. The molecule has 0 aromatic carbocycles. The molecule has 3 aromatic heterocycles. The molecule has 0 aliphatic heterocycles. The number of nitrogens with zero attached hydrogens (tertiary/aromatic N) is 3. The van der Waals surface area contributed by atoms with Gasteiger partial charge in [-0.15, -0.1) is 11.3 Å². The van der Waals surface area contributed by atoms with Crippen LogP contribution in [0.25, 0.3) is 5.65 Å². The van der Waals surface area contributed by atoms with Crippen molar-refractivity contribution < 1.29 is 0 Å². The van der Waals surface area contributed by atoms with Gasteiger partial charge in [-0.3, -0.25) is 0 Å². The fourth-order valence-corrected chi connectivity index (χ4v) is 2.52. The summed E-state index contributed by atoms with van der Waals surface area (Å²) in [6.07, 6.45) is 2.80. The largest absolute Gasteiger partial charge is 0.375 e. The van der Waals surface area contributed by atoms with Crippen molar-refractivity contribution in [1.29, 1.82) is 0 Å². The van der Waals surface area contributed by atoms with Crippen LogP contribution in [0.5, 0.6) is 0 Å². The van der Waals surface area contributed by atoms with Crippen molar-refractivity contribution in [2.75, 3.05) is 5.73 Å². The number of aromatic nitrogens is 3. The summed E-state index contributed by atoms with van der Waals surface area (Å²) in [5.74, 6) is 0. The second-order valence-corrected chi connectivity index (χ2v) is 4.82. The highest BCUT2D eigenvalue weighted by atomic mass is 32.1. The molecule has 2 N–H and O–H groups in total. The fourth-order valence-electron chi connectivity index (χ4n) is 1.95. The monoisotopic (exact) mass is 244 g/mol. The summed E-state index contributed by atoms with van der Waals surface area (Å²) in [4.78, 5) is 8.81. The van der Waals surface area contributed by atoms with E-state index in [4.69, 9.17) is 5.73 Å². The predicted octanol–water partition coefficient (Wildman–Crippen LogP) is 2.27. The van der Waals surface area contributed by atoms with Crippen LogP contribution in [-0.4, -0.2) is 14.4 Å². The van der Waals surface area contributed by atoms with Crippen LogP contribution in [0, 0.1) is 6.92 Å². The van der Waals surface area contributed by atoms with Gasteiger partial charge in [0, 0.05) is 18.0 Å². The van der Waals surface area contributed by atoms with Crippen molar-refractivity contribution in [2.45, 2.75) is 13.3 Å². The van der Waals surface area contributed by atoms with Crippen LogP contribution in [0.2, 0.25) is 0 Å². The number of thiazole rings is 1. The Kier molecular flexibility index (Phi) is 2.33. The van der Waals surface area contributed by atoms with Crippen LogP contribution in [0.15, 0.2) is 29.8 Å². The van der Waals surface area contributed by atoms with E-state index in [0.717, 1.165) is 23.5 Å². The van der Waals surface area contributed by atoms with E-state index in [2.05, 4.69) is 14.4 Å². The highest BCUT2D eigenvalue weighted by Gasteiger charge is 2.10. The van der Waals surface area contributed by atoms with E-state index >= 15 is 0 Å². The lowest BCUT2D eigenvalue weighted by atomic mass is 10.2. The van der Waals surface area contributed by atoms with E-state index in [1.807, 2.05) is 36.7 Å². The van der Waals surface area contributed by atoms with Gasteiger partial charge in [0.1, 0.15) is 5.65 Å². The number of nitrogens with two attached hydrogens (primary N) is 1. The average Bonchev–Trinajstić information content (AvgIpc) is 2.85. The zero-order chi connectivity index (χ0) is 11.8. The SMILES string of the molecule is Cc1nc2ccccn2c1Cc1csc(N)n1. The predicted molar refractivity (Wildman–Crippen MR) is 69.3 cm³/mol. The van der Waals surface area contributed by atoms with Crippen LogP contribution in [0.3, 0.4) is 0 Å². The normalized spacial score (nSPS) is 11.1. The molecule has 0 aliphatic carbocycles. The molecule has 0 bridgehead atoms. The van der Waals surface area contributed by atoms with Gasteiger partial charge in [-0.2, -0.15) is 0 Å². The van der Waals surface area contributed by atoms with Gasteiger partial charge >= 0.3 is 0 Å². The van der Waals surface area contributed by atoms with Gasteiger partial charge < -0.3 is 10.1 Å². The molecular formula is C12H12N4S. The lowest BCUT2D eigenvalue weighted by Gasteiger charge is -2.00. The second-order valence-electron chi connectivity index (χ2n) is 3.93. The summed E-state index contributed by atoms with van der Waals surface area (Å²) in [6, 6.07) is 6.01. The number of hydrogen-bond donors (Lipinski definition) is 1. The Hall–Kier alpha value is -1.88. The number of rotatable bonds is 2. The maximum atomic E-state index is 5.64. The first kappa shape index (κ1) is 10.3. The molecule has 0 spiro atoms. The molecular weight excluding hydrogens is 232 g/mol. The fraction of sp³-hybridized carbons (Fsp3) is 0.167. The summed E-state index contributed by atoms with van der Waals surface area (Å²) in [7, 11) is 0. The molecule has 5 heteroatoms. The zero-order valence-corrected chi connectivity index (χ0v) is 10.2. The van der Waals surface area contributed by atoms with Gasteiger partial charge in [-0.25, -0.2) is 9.97 Å². The summed E-state index contributed by atoms with van der Waals surface area (Å²) < 4.78 is 2.10. The first-order chi connectivity index (χ1) is 8.24. The third-order valence-electron chi connectivity index (χ3n) is 2.75. The summed E-state index contributed by atoms with van der Waals surface area (Å²) >= 11 is 1.47. The van der Waals surface area contributed by atoms with Crippen molar-refractivity contribution in [3.63, 3.8) is 0 Å². The Bertz CT molecular complexity index is 668. The number of imidazole rings is 1. The Morgan fingerprint density at radius 1 is 1.35 bits per heavy atom. The van der Waals surface area contributed by atoms with Crippen molar-refractivity contribution in [1.82, 2.24) is 14.4 Å². The van der Waals surface area contributed by atoms with Gasteiger partial charge in [0.15, 0.2) is 5.13 Å². The highest BCUT2D eigenvalue weighted by Crippen LogP contribution is 2.18. The summed E-state index contributed by atoms with van der Waals surface area (Å²) in [5, 5.41) is 2.61. The minimum absolute atomic E-state index is 0.617. The molecule has 4 nitrogen and oxygen atoms in total. The van der Waals surface area contributed by atoms with Crippen molar-refractivity contribution in [3.05, 3.63) is 46.9 Å². The van der Waals surface area contributed by atoms with E-state index in [-0.39, 0.29) is 0 Å². The van der Waals surface area contributed by atoms with Crippen LogP contribution in [0.4, 0.5) is 5.13 Å².